The lowest BCUT2D eigenvalue weighted by Gasteiger charge is -1.86. The fourth-order valence-electron chi connectivity index (χ4n) is 0.749. The highest BCUT2D eigenvalue weighted by Crippen LogP contribution is 2.08. The Morgan fingerprint density at radius 3 is 2.44 bits per heavy atom. The molecular formula is C8H9N. The minimum absolute atomic E-state index is 0.965. The second-order valence-electron chi connectivity index (χ2n) is 2.10. The standard InChI is InChI=1S/C8H9N/c1-4-8-5-9-7(3)6(8)2/h1,5,9H,2-3H3. The summed E-state index contributed by atoms with van der Waals surface area (Å²) in [5.74, 6) is 2.58. The third-order valence-electron chi connectivity index (χ3n) is 1.56. The summed E-state index contributed by atoms with van der Waals surface area (Å²) in [6.45, 7) is 4.03. The normalized spacial score (nSPS) is 9.00. The molecule has 0 amide bonds. The zero-order valence-electron chi connectivity index (χ0n) is 5.65. The van der Waals surface area contributed by atoms with Crippen LogP contribution in [0.15, 0.2) is 6.20 Å². The molecule has 0 aliphatic rings. The molecule has 0 aliphatic carbocycles. The molecule has 0 unspecified atom stereocenters. The molecule has 0 bridgehead atoms. The van der Waals surface area contributed by atoms with Gasteiger partial charge in [0.2, 0.25) is 0 Å². The van der Waals surface area contributed by atoms with Gasteiger partial charge in [0, 0.05) is 17.5 Å². The van der Waals surface area contributed by atoms with Gasteiger partial charge >= 0.3 is 0 Å². The lowest BCUT2D eigenvalue weighted by atomic mass is 10.2. The molecule has 1 rings (SSSR count). The molecule has 0 atom stereocenters. The number of rotatable bonds is 0. The van der Waals surface area contributed by atoms with Gasteiger partial charge in [0.05, 0.1) is 0 Å². The SMILES string of the molecule is C#Cc1c[nH]c(C)c1C. The summed E-state index contributed by atoms with van der Waals surface area (Å²) >= 11 is 0. The molecule has 0 radical (unpaired) electrons. The largest absolute Gasteiger partial charge is 0.364 e. The maximum atomic E-state index is 5.19. The molecule has 0 fully saturated rings. The Labute approximate surface area is 55.1 Å². The molecule has 9 heavy (non-hydrogen) atoms. The van der Waals surface area contributed by atoms with Crippen LogP contribution < -0.4 is 0 Å². The van der Waals surface area contributed by atoms with Crippen LogP contribution in [0.3, 0.4) is 0 Å². The third kappa shape index (κ3) is 0.837. The number of H-pyrrole nitrogens is 1. The highest BCUT2D eigenvalue weighted by molar-refractivity contribution is 5.40. The lowest BCUT2D eigenvalue weighted by Crippen LogP contribution is -1.74. The summed E-state index contributed by atoms with van der Waals surface area (Å²) in [4.78, 5) is 3.05. The van der Waals surface area contributed by atoms with Crippen LogP contribution in [-0.2, 0) is 0 Å². The highest BCUT2D eigenvalue weighted by Gasteiger charge is 1.97. The van der Waals surface area contributed by atoms with Crippen molar-refractivity contribution in [1.29, 1.82) is 0 Å². The highest BCUT2D eigenvalue weighted by atomic mass is 14.7. The van der Waals surface area contributed by atoms with E-state index in [2.05, 4.69) is 10.9 Å². The first-order chi connectivity index (χ1) is 4.25. The van der Waals surface area contributed by atoms with Gasteiger partial charge in [-0.1, -0.05) is 5.92 Å². The summed E-state index contributed by atoms with van der Waals surface area (Å²) in [5.41, 5.74) is 3.30. The quantitative estimate of drug-likeness (QED) is 0.499. The van der Waals surface area contributed by atoms with Crippen molar-refractivity contribution in [3.8, 4) is 12.3 Å². The topological polar surface area (TPSA) is 15.8 Å². The van der Waals surface area contributed by atoms with Crippen LogP contribution in [0, 0.1) is 26.2 Å². The number of nitrogens with one attached hydrogen (secondary N) is 1. The summed E-state index contributed by atoms with van der Waals surface area (Å²) in [6.07, 6.45) is 7.05. The van der Waals surface area contributed by atoms with E-state index in [1.165, 1.54) is 5.56 Å². The van der Waals surface area contributed by atoms with E-state index in [9.17, 15) is 0 Å². The maximum absolute atomic E-state index is 5.19. The molecule has 1 N–H and O–H groups in total. The minimum Gasteiger partial charge on any atom is -0.364 e. The Morgan fingerprint density at radius 2 is 2.22 bits per heavy atom. The van der Waals surface area contributed by atoms with Crippen LogP contribution in [0.4, 0.5) is 0 Å². The Morgan fingerprint density at radius 1 is 1.56 bits per heavy atom. The number of aromatic nitrogens is 1. The van der Waals surface area contributed by atoms with Crippen LogP contribution in [-0.4, -0.2) is 4.98 Å². The van der Waals surface area contributed by atoms with Gasteiger partial charge in [0.15, 0.2) is 0 Å². The van der Waals surface area contributed by atoms with Gasteiger partial charge in [-0.3, -0.25) is 0 Å². The number of hydrogen-bond donors (Lipinski definition) is 1. The molecule has 0 aromatic carbocycles. The summed E-state index contributed by atoms with van der Waals surface area (Å²) in [7, 11) is 0. The van der Waals surface area contributed by atoms with E-state index in [1.54, 1.807) is 0 Å². The van der Waals surface area contributed by atoms with Crippen molar-refractivity contribution in [2.75, 3.05) is 0 Å². The molecule has 0 spiro atoms. The van der Waals surface area contributed by atoms with E-state index in [0.29, 0.717) is 0 Å². The first-order valence-electron chi connectivity index (χ1n) is 2.87. The third-order valence-corrected chi connectivity index (χ3v) is 1.56. The van der Waals surface area contributed by atoms with Crippen molar-refractivity contribution < 1.29 is 0 Å². The number of aromatic amines is 1. The van der Waals surface area contributed by atoms with Crippen LogP contribution in [0.1, 0.15) is 16.8 Å². The van der Waals surface area contributed by atoms with E-state index >= 15 is 0 Å². The molecule has 1 aromatic heterocycles. The van der Waals surface area contributed by atoms with Gasteiger partial charge in [0.25, 0.3) is 0 Å². The van der Waals surface area contributed by atoms with Crippen molar-refractivity contribution in [1.82, 2.24) is 4.98 Å². The maximum Gasteiger partial charge on any atom is 0.0449 e. The second-order valence-corrected chi connectivity index (χ2v) is 2.10. The van der Waals surface area contributed by atoms with Crippen LogP contribution in [0.5, 0.6) is 0 Å². The zero-order valence-corrected chi connectivity index (χ0v) is 5.65. The van der Waals surface area contributed by atoms with Crippen LogP contribution in [0.2, 0.25) is 0 Å². The minimum atomic E-state index is 0.965. The summed E-state index contributed by atoms with van der Waals surface area (Å²) in [6, 6.07) is 0. The average molecular weight is 119 g/mol. The van der Waals surface area contributed by atoms with E-state index in [4.69, 9.17) is 6.42 Å². The average Bonchev–Trinajstić information content (AvgIpc) is 2.15. The van der Waals surface area contributed by atoms with E-state index in [0.717, 1.165) is 11.3 Å². The summed E-state index contributed by atoms with van der Waals surface area (Å²) in [5, 5.41) is 0. The van der Waals surface area contributed by atoms with Crippen molar-refractivity contribution >= 4 is 0 Å². The van der Waals surface area contributed by atoms with Crippen molar-refractivity contribution in [2.24, 2.45) is 0 Å². The smallest absolute Gasteiger partial charge is 0.0449 e. The van der Waals surface area contributed by atoms with Gasteiger partial charge in [-0.25, -0.2) is 0 Å². The predicted molar refractivity (Wildman–Crippen MR) is 38.2 cm³/mol. The molecule has 1 nitrogen and oxygen atoms in total. The van der Waals surface area contributed by atoms with Gasteiger partial charge in [-0.15, -0.1) is 6.42 Å². The molecule has 1 aromatic rings. The summed E-state index contributed by atoms with van der Waals surface area (Å²) < 4.78 is 0. The Bertz CT molecular complexity index is 250. The fourth-order valence-corrected chi connectivity index (χ4v) is 0.749. The molecule has 46 valence electrons. The molecule has 0 saturated carbocycles. The Hall–Kier alpha value is -1.16. The van der Waals surface area contributed by atoms with Crippen molar-refractivity contribution in [3.05, 3.63) is 23.0 Å². The molecule has 1 heteroatoms. The van der Waals surface area contributed by atoms with E-state index in [-0.39, 0.29) is 0 Å². The van der Waals surface area contributed by atoms with Crippen LogP contribution >= 0.6 is 0 Å². The Balaban J connectivity index is 3.24. The first-order valence-corrected chi connectivity index (χ1v) is 2.87. The van der Waals surface area contributed by atoms with Gasteiger partial charge < -0.3 is 4.98 Å². The second kappa shape index (κ2) is 1.99. The van der Waals surface area contributed by atoms with Gasteiger partial charge in [0.1, 0.15) is 0 Å². The zero-order chi connectivity index (χ0) is 6.85. The monoisotopic (exact) mass is 119 g/mol. The fraction of sp³-hybridized carbons (Fsp3) is 0.250. The lowest BCUT2D eigenvalue weighted by molar-refractivity contribution is 1.23. The number of terminal acetylenes is 1. The predicted octanol–water partition coefficient (Wildman–Crippen LogP) is 1.61. The van der Waals surface area contributed by atoms with Gasteiger partial charge in [-0.05, 0) is 19.4 Å². The van der Waals surface area contributed by atoms with Gasteiger partial charge in [-0.2, -0.15) is 0 Å². The van der Waals surface area contributed by atoms with Crippen LogP contribution in [0.25, 0.3) is 0 Å². The number of hydrogen-bond acceptors (Lipinski definition) is 0. The molecule has 1 heterocycles. The van der Waals surface area contributed by atoms with Crippen molar-refractivity contribution in [2.45, 2.75) is 13.8 Å². The molecule has 0 saturated heterocycles. The molecule has 0 aliphatic heterocycles. The molecular weight excluding hydrogens is 110 g/mol. The Kier molecular flexibility index (Phi) is 1.32. The van der Waals surface area contributed by atoms with E-state index < -0.39 is 0 Å². The first kappa shape index (κ1) is 5.97. The number of aryl methyl sites for hydroxylation is 1. The van der Waals surface area contributed by atoms with E-state index in [1.807, 2.05) is 20.0 Å². The van der Waals surface area contributed by atoms with Crippen molar-refractivity contribution in [3.63, 3.8) is 0 Å².